The van der Waals surface area contributed by atoms with Crippen molar-refractivity contribution in [3.8, 4) is 6.07 Å². The minimum Gasteiger partial charge on any atom is -0.401 e. The van der Waals surface area contributed by atoms with Crippen LogP contribution in [0.15, 0.2) is 12.3 Å². The molecule has 0 bridgehead atoms. The Morgan fingerprint density at radius 2 is 2.25 bits per heavy atom. The van der Waals surface area contributed by atoms with E-state index in [-0.39, 0.29) is 5.41 Å². The molecule has 1 aliphatic carbocycles. The minimum atomic E-state index is -0.319. The largest absolute Gasteiger partial charge is 0.401 e. The molecule has 1 saturated carbocycles. The molecule has 0 unspecified atom stereocenters. The first-order valence-electron chi connectivity index (χ1n) is 2.57. The lowest BCUT2D eigenvalue weighted by Crippen LogP contribution is -2.08. The highest BCUT2D eigenvalue weighted by molar-refractivity contribution is 5.26. The van der Waals surface area contributed by atoms with Gasteiger partial charge in [0.2, 0.25) is 0 Å². The van der Waals surface area contributed by atoms with Gasteiger partial charge >= 0.3 is 0 Å². The van der Waals surface area contributed by atoms with Gasteiger partial charge in [0.15, 0.2) is 0 Å². The van der Waals surface area contributed by atoms with Gasteiger partial charge in [0.1, 0.15) is 0 Å². The highest BCUT2D eigenvalue weighted by Gasteiger charge is 2.44. The summed E-state index contributed by atoms with van der Waals surface area (Å²) in [6, 6.07) is 2.13. The van der Waals surface area contributed by atoms with Crippen molar-refractivity contribution in [2.75, 3.05) is 0 Å². The number of hydrogen-bond acceptors (Lipinski definition) is 2. The first kappa shape index (κ1) is 5.17. The number of nitrogens with zero attached hydrogens (tertiary/aromatic N) is 1. The van der Waals surface area contributed by atoms with Crippen LogP contribution in [0.25, 0.3) is 0 Å². The average Bonchev–Trinajstić information content (AvgIpc) is 2.44. The molecule has 2 nitrogen and oxygen atoms in total. The lowest BCUT2D eigenvalue weighted by Gasteiger charge is -1.99. The van der Waals surface area contributed by atoms with Crippen molar-refractivity contribution in [2.45, 2.75) is 12.8 Å². The number of nitrogens with two attached hydrogens (primary N) is 1. The summed E-state index contributed by atoms with van der Waals surface area (Å²) in [5, 5.41) is 8.44. The predicted molar refractivity (Wildman–Crippen MR) is 30.6 cm³/mol. The van der Waals surface area contributed by atoms with E-state index in [1.165, 1.54) is 0 Å². The van der Waals surface area contributed by atoms with Crippen LogP contribution >= 0.6 is 0 Å². The van der Waals surface area contributed by atoms with Crippen LogP contribution in [0.2, 0.25) is 0 Å². The van der Waals surface area contributed by atoms with Gasteiger partial charge in [-0.25, -0.2) is 0 Å². The number of nitriles is 1. The zero-order valence-corrected chi connectivity index (χ0v) is 4.65. The zero-order valence-electron chi connectivity index (χ0n) is 4.65. The van der Waals surface area contributed by atoms with E-state index >= 15 is 0 Å². The van der Waals surface area contributed by atoms with Gasteiger partial charge in [-0.15, -0.1) is 0 Å². The summed E-state index contributed by atoms with van der Waals surface area (Å²) in [4.78, 5) is 0. The second-order valence-electron chi connectivity index (χ2n) is 2.22. The highest BCUT2D eigenvalue weighted by Crippen LogP contribution is 2.48. The van der Waals surface area contributed by atoms with Crippen molar-refractivity contribution in [2.24, 2.45) is 11.1 Å². The maximum Gasteiger partial charge on any atom is 0.0961 e. The predicted octanol–water partition coefficient (Wildman–Crippen LogP) is 0.763. The van der Waals surface area contributed by atoms with E-state index in [1.807, 2.05) is 0 Å². The monoisotopic (exact) mass is 108 g/mol. The van der Waals surface area contributed by atoms with Crippen LogP contribution in [-0.4, -0.2) is 0 Å². The van der Waals surface area contributed by atoms with Crippen LogP contribution in [-0.2, 0) is 0 Å². The molecule has 0 aromatic rings. The molecule has 1 fully saturated rings. The summed E-state index contributed by atoms with van der Waals surface area (Å²) in [6.07, 6.45) is 1.80. The first-order chi connectivity index (χ1) is 3.71. The molecule has 0 radical (unpaired) electrons. The molecule has 1 rings (SSSR count). The smallest absolute Gasteiger partial charge is 0.0961 e. The first-order valence-corrected chi connectivity index (χ1v) is 2.57. The molecule has 42 valence electrons. The SMILES string of the molecule is C=C(N)C1(C#N)CC1. The van der Waals surface area contributed by atoms with Crippen molar-refractivity contribution < 1.29 is 0 Å². The van der Waals surface area contributed by atoms with Crippen molar-refractivity contribution in [3.63, 3.8) is 0 Å². The van der Waals surface area contributed by atoms with Gasteiger partial charge in [0.25, 0.3) is 0 Å². The van der Waals surface area contributed by atoms with Gasteiger partial charge in [-0.2, -0.15) is 5.26 Å². The van der Waals surface area contributed by atoms with Gasteiger partial charge in [0.05, 0.1) is 11.5 Å². The van der Waals surface area contributed by atoms with Crippen molar-refractivity contribution in [1.82, 2.24) is 0 Å². The minimum absolute atomic E-state index is 0.319. The third-order valence-electron chi connectivity index (χ3n) is 1.58. The Morgan fingerprint density at radius 3 is 2.25 bits per heavy atom. The molecule has 1 aliphatic rings. The van der Waals surface area contributed by atoms with Gasteiger partial charge in [-0.1, -0.05) is 6.58 Å². The molecular formula is C6H8N2. The molecule has 0 heterocycles. The van der Waals surface area contributed by atoms with E-state index in [0.29, 0.717) is 5.70 Å². The van der Waals surface area contributed by atoms with Crippen molar-refractivity contribution >= 4 is 0 Å². The second-order valence-corrected chi connectivity index (χ2v) is 2.22. The van der Waals surface area contributed by atoms with Gasteiger partial charge in [0, 0.05) is 5.70 Å². The fourth-order valence-corrected chi connectivity index (χ4v) is 0.630. The second kappa shape index (κ2) is 1.25. The lowest BCUT2D eigenvalue weighted by molar-refractivity contribution is 0.793. The Morgan fingerprint density at radius 1 is 1.75 bits per heavy atom. The van der Waals surface area contributed by atoms with Gasteiger partial charge in [-0.3, -0.25) is 0 Å². The van der Waals surface area contributed by atoms with Gasteiger partial charge < -0.3 is 5.73 Å². The van der Waals surface area contributed by atoms with E-state index < -0.39 is 0 Å². The molecule has 0 saturated heterocycles. The van der Waals surface area contributed by atoms with Gasteiger partial charge in [-0.05, 0) is 12.8 Å². The molecule has 0 amide bonds. The van der Waals surface area contributed by atoms with Crippen molar-refractivity contribution in [3.05, 3.63) is 12.3 Å². The molecular weight excluding hydrogens is 100 g/mol. The molecule has 0 atom stereocenters. The Hall–Kier alpha value is -0.970. The van der Waals surface area contributed by atoms with E-state index in [2.05, 4.69) is 12.6 Å². The molecule has 2 heteroatoms. The Labute approximate surface area is 48.6 Å². The molecule has 0 aromatic carbocycles. The number of hydrogen-bond donors (Lipinski definition) is 1. The molecule has 2 N–H and O–H groups in total. The molecule has 8 heavy (non-hydrogen) atoms. The molecule has 0 spiro atoms. The maximum absolute atomic E-state index is 8.44. The van der Waals surface area contributed by atoms with Crippen LogP contribution < -0.4 is 5.73 Å². The van der Waals surface area contributed by atoms with Crippen molar-refractivity contribution in [1.29, 1.82) is 5.26 Å². The Bertz CT molecular complexity index is 160. The van der Waals surface area contributed by atoms with Crippen LogP contribution in [0.4, 0.5) is 0 Å². The normalized spacial score (nSPS) is 21.4. The fourth-order valence-electron chi connectivity index (χ4n) is 0.630. The summed E-state index contributed by atoms with van der Waals surface area (Å²) in [7, 11) is 0. The highest BCUT2D eigenvalue weighted by atomic mass is 14.7. The zero-order chi connectivity index (χ0) is 6.20. The van der Waals surface area contributed by atoms with E-state index in [4.69, 9.17) is 11.0 Å². The van der Waals surface area contributed by atoms with E-state index in [9.17, 15) is 0 Å². The summed E-state index contributed by atoms with van der Waals surface area (Å²) in [5.41, 5.74) is 5.53. The molecule has 0 aromatic heterocycles. The summed E-state index contributed by atoms with van der Waals surface area (Å²) in [6.45, 7) is 3.52. The Balaban J connectivity index is 2.71. The summed E-state index contributed by atoms with van der Waals surface area (Å²) in [5.74, 6) is 0. The summed E-state index contributed by atoms with van der Waals surface area (Å²) >= 11 is 0. The standard InChI is InChI=1S/C6H8N2/c1-5(8)6(4-7)2-3-6/h1-3,8H2. The molecule has 0 aliphatic heterocycles. The lowest BCUT2D eigenvalue weighted by atomic mass is 10.1. The number of rotatable bonds is 1. The van der Waals surface area contributed by atoms with Crippen LogP contribution in [0.1, 0.15) is 12.8 Å². The third-order valence-corrected chi connectivity index (χ3v) is 1.58. The number of allylic oxidation sites excluding steroid dienone is 1. The van der Waals surface area contributed by atoms with Crippen LogP contribution in [0, 0.1) is 16.7 Å². The topological polar surface area (TPSA) is 49.8 Å². The Kier molecular flexibility index (Phi) is 0.811. The third kappa shape index (κ3) is 0.481. The maximum atomic E-state index is 8.44. The van der Waals surface area contributed by atoms with Crippen LogP contribution in [0.3, 0.4) is 0 Å². The average molecular weight is 108 g/mol. The quantitative estimate of drug-likeness (QED) is 0.539. The summed E-state index contributed by atoms with van der Waals surface area (Å²) < 4.78 is 0. The van der Waals surface area contributed by atoms with Crippen LogP contribution in [0.5, 0.6) is 0 Å². The van der Waals surface area contributed by atoms with E-state index in [0.717, 1.165) is 12.8 Å². The fraction of sp³-hybridized carbons (Fsp3) is 0.500. The van der Waals surface area contributed by atoms with E-state index in [1.54, 1.807) is 0 Å².